The molecule has 4 aromatic rings. The lowest BCUT2D eigenvalue weighted by Gasteiger charge is -2.30. The summed E-state index contributed by atoms with van der Waals surface area (Å²) in [5, 5.41) is 10.6. The normalized spacial score (nSPS) is 18.9. The molecule has 52 heavy (non-hydrogen) atoms. The number of hydrogen-bond donors (Lipinski definition) is 2. The number of methoxy groups -OCH3 is 1. The molecule has 10 heteroatoms. The Bertz CT molecular complexity index is 2260. The summed E-state index contributed by atoms with van der Waals surface area (Å²) in [6.45, 7) is 13.1. The first-order valence-electron chi connectivity index (χ1n) is 17.4. The van der Waals surface area contributed by atoms with Gasteiger partial charge in [-0.15, -0.1) is 22.7 Å². The van der Waals surface area contributed by atoms with Gasteiger partial charge in [-0.1, -0.05) is 36.4 Å². The number of hydrogen-bond acceptors (Lipinski definition) is 10. The molecular weight excluding hydrogens is 693 g/mol. The topological polar surface area (TPSA) is 111 Å². The van der Waals surface area contributed by atoms with E-state index in [4.69, 9.17) is 9.47 Å². The number of allylic oxidation sites excluding steroid dienone is 6. The molecule has 0 amide bonds. The largest absolute Gasteiger partial charge is 0.466 e. The fraction of sp³-hybridized carbons (Fsp3) is 0.333. The minimum Gasteiger partial charge on any atom is -0.466 e. The van der Waals surface area contributed by atoms with Crippen molar-refractivity contribution in [1.29, 1.82) is 0 Å². The van der Waals surface area contributed by atoms with Crippen LogP contribution in [0, 0.1) is 12.8 Å². The van der Waals surface area contributed by atoms with E-state index >= 15 is 0 Å². The molecule has 2 unspecified atom stereocenters. The van der Waals surface area contributed by atoms with Crippen LogP contribution in [0.15, 0.2) is 99.0 Å². The minimum atomic E-state index is -0.414. The van der Waals surface area contributed by atoms with Gasteiger partial charge in [-0.3, -0.25) is 9.59 Å². The molecule has 2 aromatic heterocycles. The lowest BCUT2D eigenvalue weighted by atomic mass is 9.78. The van der Waals surface area contributed by atoms with Crippen LogP contribution >= 0.6 is 22.7 Å². The van der Waals surface area contributed by atoms with Gasteiger partial charge in [0.05, 0.1) is 24.9 Å². The van der Waals surface area contributed by atoms with E-state index in [1.54, 1.807) is 36.5 Å². The number of rotatable bonds is 8. The van der Waals surface area contributed by atoms with Gasteiger partial charge in [0.15, 0.2) is 11.6 Å². The van der Waals surface area contributed by atoms with Crippen LogP contribution in [-0.4, -0.2) is 37.2 Å². The molecule has 2 aromatic carbocycles. The van der Waals surface area contributed by atoms with Crippen LogP contribution in [-0.2, 0) is 28.7 Å². The third kappa shape index (κ3) is 7.01. The first-order valence-corrected chi connectivity index (χ1v) is 19.1. The maximum absolute atomic E-state index is 13.0. The first-order chi connectivity index (χ1) is 24.8. The molecule has 0 saturated heterocycles. The van der Waals surface area contributed by atoms with Gasteiger partial charge in [-0.05, 0) is 107 Å². The van der Waals surface area contributed by atoms with E-state index in [1.807, 2.05) is 65.0 Å². The smallest absolute Gasteiger partial charge is 0.336 e. The fourth-order valence-corrected chi connectivity index (χ4v) is 9.59. The van der Waals surface area contributed by atoms with Crippen molar-refractivity contribution in [3.8, 4) is 0 Å². The number of fused-ring (bicyclic) bond motifs is 2. The lowest BCUT2D eigenvalue weighted by molar-refractivity contribution is -0.140. The zero-order valence-electron chi connectivity index (χ0n) is 30.8. The highest BCUT2D eigenvalue weighted by Crippen LogP contribution is 2.46. The van der Waals surface area contributed by atoms with Gasteiger partial charge in [-0.2, -0.15) is 0 Å². The monoisotopic (exact) mass is 736 g/mol. The van der Waals surface area contributed by atoms with E-state index in [9.17, 15) is 19.2 Å². The number of thiophene rings is 2. The Morgan fingerprint density at radius 1 is 0.692 bits per heavy atom. The molecule has 3 aliphatic rings. The summed E-state index contributed by atoms with van der Waals surface area (Å²) in [6.07, 6.45) is 2.25. The van der Waals surface area contributed by atoms with E-state index in [0.717, 1.165) is 71.8 Å². The summed E-state index contributed by atoms with van der Waals surface area (Å²) < 4.78 is 12.9. The van der Waals surface area contributed by atoms with Crippen molar-refractivity contribution in [2.24, 2.45) is 5.92 Å². The van der Waals surface area contributed by atoms with Crippen LogP contribution < -0.4 is 10.6 Å². The third-order valence-corrected chi connectivity index (χ3v) is 12.1. The molecule has 7 rings (SSSR count). The van der Waals surface area contributed by atoms with Crippen molar-refractivity contribution in [2.45, 2.75) is 73.1 Å². The minimum absolute atomic E-state index is 0.0275. The second kappa shape index (κ2) is 15.0. The van der Waals surface area contributed by atoms with Crippen molar-refractivity contribution >= 4 is 66.4 Å². The molecule has 0 bridgehead atoms. The van der Waals surface area contributed by atoms with Crippen molar-refractivity contribution in [1.82, 2.24) is 10.6 Å². The van der Waals surface area contributed by atoms with E-state index in [1.165, 1.54) is 7.11 Å². The maximum atomic E-state index is 13.0. The second-order valence-corrected chi connectivity index (χ2v) is 15.8. The summed E-state index contributed by atoms with van der Waals surface area (Å²) in [6, 6.07) is 16.2. The number of carbonyl (C=O) groups is 4. The Kier molecular flexibility index (Phi) is 10.7. The van der Waals surface area contributed by atoms with Crippen LogP contribution in [0.1, 0.15) is 82.2 Å². The van der Waals surface area contributed by atoms with Gasteiger partial charge in [0.2, 0.25) is 0 Å². The SMILES string of the molecule is CC(=O)C1=C(C)NC(C)=C(C(=O)OCC2CC2)C1c1csc2ccccc12.COC(=O)C1=C(C)NC(C)=C(C(C)=O)C1c1c(C)sc2ccccc12. The molecule has 8 nitrogen and oxygen atoms in total. The van der Waals surface area contributed by atoms with Crippen molar-refractivity contribution < 1.29 is 28.7 Å². The van der Waals surface area contributed by atoms with Crippen LogP contribution in [0.2, 0.25) is 0 Å². The van der Waals surface area contributed by atoms with E-state index < -0.39 is 17.8 Å². The second-order valence-electron chi connectivity index (χ2n) is 13.7. The number of aryl methyl sites for hydroxylation is 1. The Morgan fingerprint density at radius 2 is 1.21 bits per heavy atom. The summed E-state index contributed by atoms with van der Waals surface area (Å²) >= 11 is 3.32. The average Bonchev–Trinajstić information content (AvgIpc) is 3.73. The highest BCUT2D eigenvalue weighted by atomic mass is 32.1. The molecule has 2 atom stereocenters. The van der Waals surface area contributed by atoms with Gasteiger partial charge in [0, 0.05) is 60.0 Å². The molecule has 1 aliphatic carbocycles. The van der Waals surface area contributed by atoms with E-state index in [2.05, 4.69) is 34.2 Å². The maximum Gasteiger partial charge on any atom is 0.336 e. The number of ether oxygens (including phenoxy) is 2. The summed E-state index contributed by atoms with van der Waals surface area (Å²) in [7, 11) is 1.37. The summed E-state index contributed by atoms with van der Waals surface area (Å²) in [5.74, 6) is -1.11. The predicted molar refractivity (Wildman–Crippen MR) is 208 cm³/mol. The Morgan fingerprint density at radius 3 is 1.79 bits per heavy atom. The number of carbonyl (C=O) groups excluding carboxylic acids is 4. The highest BCUT2D eigenvalue weighted by Gasteiger charge is 2.39. The van der Waals surface area contributed by atoms with Gasteiger partial charge >= 0.3 is 11.9 Å². The zero-order valence-corrected chi connectivity index (χ0v) is 32.4. The van der Waals surface area contributed by atoms with Crippen molar-refractivity contribution in [3.63, 3.8) is 0 Å². The first kappa shape index (κ1) is 37.0. The number of dihydropyridines is 2. The highest BCUT2D eigenvalue weighted by molar-refractivity contribution is 7.19. The van der Waals surface area contributed by atoms with Gasteiger partial charge in [-0.25, -0.2) is 9.59 Å². The molecule has 4 heterocycles. The van der Waals surface area contributed by atoms with Crippen LogP contribution in [0.5, 0.6) is 0 Å². The number of benzene rings is 2. The number of nitrogens with one attached hydrogen (secondary N) is 2. The molecule has 2 N–H and O–H groups in total. The Hall–Kier alpha value is -4.80. The van der Waals surface area contributed by atoms with Gasteiger partial charge in [0.1, 0.15) is 0 Å². The molecule has 2 aliphatic heterocycles. The van der Waals surface area contributed by atoms with Crippen LogP contribution in [0.25, 0.3) is 20.2 Å². The summed E-state index contributed by atoms with van der Waals surface area (Å²) in [4.78, 5) is 51.7. The van der Waals surface area contributed by atoms with Gasteiger partial charge in [0.25, 0.3) is 0 Å². The van der Waals surface area contributed by atoms with Crippen molar-refractivity contribution in [3.05, 3.63) is 115 Å². The fourth-order valence-electron chi connectivity index (χ4n) is 7.50. The molecule has 0 radical (unpaired) electrons. The Balaban J connectivity index is 0.000000179. The average molecular weight is 737 g/mol. The van der Waals surface area contributed by atoms with Crippen LogP contribution in [0.4, 0.5) is 0 Å². The number of esters is 2. The number of ketones is 2. The predicted octanol–water partition coefficient (Wildman–Crippen LogP) is 8.88. The van der Waals surface area contributed by atoms with E-state index in [0.29, 0.717) is 34.8 Å². The molecular formula is C42H44N2O6S2. The molecule has 1 saturated carbocycles. The molecule has 0 spiro atoms. The number of Topliss-reactive ketones (excluding diaryl/α,β-unsaturated/α-hetero) is 2. The molecule has 270 valence electrons. The Labute approximate surface area is 312 Å². The zero-order chi connectivity index (χ0) is 37.4. The summed E-state index contributed by atoms with van der Waals surface area (Å²) in [5.41, 5.74) is 7.43. The van der Waals surface area contributed by atoms with Gasteiger partial charge < -0.3 is 20.1 Å². The third-order valence-electron chi connectivity index (χ3n) is 9.98. The van der Waals surface area contributed by atoms with Crippen LogP contribution in [0.3, 0.4) is 0 Å². The standard InChI is InChI=1S/C22H23NO3S.C20H21NO3S/c1-12-19(14(3)24)21(17-11-27-18-7-5-4-6-16(17)18)20(13(2)23-12)22(25)26-10-15-8-9-15;1-10-16(12(3)22)19(17(11(2)21-10)20(23)24-5)18-13(4)25-15-9-7-6-8-14(15)18/h4-7,11,15,21,23H,8-10H2,1-3H3;6-9,19,21H,1-5H3. The quantitative estimate of drug-likeness (QED) is 0.173. The van der Waals surface area contributed by atoms with Crippen molar-refractivity contribution in [2.75, 3.05) is 13.7 Å². The van der Waals surface area contributed by atoms with E-state index in [-0.39, 0.29) is 17.5 Å². The lowest BCUT2D eigenvalue weighted by Crippen LogP contribution is -2.31. The molecule has 1 fully saturated rings.